The zero-order valence-electron chi connectivity index (χ0n) is 24.5. The summed E-state index contributed by atoms with van der Waals surface area (Å²) >= 11 is 9.43. The Balaban J connectivity index is 1.47. The number of amides is 2. The van der Waals surface area contributed by atoms with Crippen molar-refractivity contribution in [3.8, 4) is 28.7 Å². The lowest BCUT2D eigenvalue weighted by Gasteiger charge is -2.14. The number of methoxy groups -OCH3 is 4. The van der Waals surface area contributed by atoms with Crippen molar-refractivity contribution in [1.29, 1.82) is 0 Å². The molecule has 2 N–H and O–H groups in total. The van der Waals surface area contributed by atoms with E-state index in [0.29, 0.717) is 32.2 Å². The molecule has 232 valence electrons. The predicted octanol–water partition coefficient (Wildman–Crippen LogP) is 6.37. The number of benzene rings is 4. The lowest BCUT2D eigenvalue weighted by atomic mass is 10.1. The highest BCUT2D eigenvalue weighted by Crippen LogP contribution is 2.38. The van der Waals surface area contributed by atoms with Gasteiger partial charge in [0.2, 0.25) is 5.75 Å². The fourth-order valence-corrected chi connectivity index (χ4v) is 4.64. The number of carbonyl (C=O) groups is 3. The summed E-state index contributed by atoms with van der Waals surface area (Å²) in [7, 11) is 5.78. The molecule has 0 aliphatic rings. The number of ether oxygens (including phenoxy) is 5. The van der Waals surface area contributed by atoms with Crippen molar-refractivity contribution in [1.82, 2.24) is 5.43 Å². The predicted molar refractivity (Wildman–Crippen MR) is 173 cm³/mol. The van der Waals surface area contributed by atoms with E-state index in [9.17, 15) is 14.4 Å². The van der Waals surface area contributed by atoms with E-state index in [1.165, 1.54) is 58.9 Å². The quantitative estimate of drug-likeness (QED) is 0.0800. The maximum absolute atomic E-state index is 13.1. The molecule has 0 aromatic heterocycles. The first-order chi connectivity index (χ1) is 21.7. The summed E-state index contributed by atoms with van der Waals surface area (Å²) in [5, 5.41) is 7.14. The zero-order chi connectivity index (χ0) is 32.5. The molecule has 0 bridgehead atoms. The van der Waals surface area contributed by atoms with Crippen LogP contribution in [-0.2, 0) is 0 Å². The molecule has 4 aromatic rings. The first-order valence-electron chi connectivity index (χ1n) is 13.1. The molecule has 4 rings (SSSR count). The van der Waals surface area contributed by atoms with Crippen LogP contribution in [0.4, 0.5) is 5.69 Å². The van der Waals surface area contributed by atoms with Gasteiger partial charge in [0.1, 0.15) is 11.5 Å². The number of carbonyl (C=O) groups excluding carboxylic acids is 3. The zero-order valence-corrected chi connectivity index (χ0v) is 26.8. The molecule has 0 unspecified atom stereocenters. The molecule has 0 fully saturated rings. The summed E-state index contributed by atoms with van der Waals surface area (Å²) in [5.41, 5.74) is 3.82. The van der Waals surface area contributed by atoms with E-state index >= 15 is 0 Å². The van der Waals surface area contributed by atoms with E-state index in [4.69, 9.17) is 35.3 Å². The molecule has 0 radical (unpaired) electrons. The van der Waals surface area contributed by atoms with Gasteiger partial charge in [0, 0.05) is 26.3 Å². The number of anilines is 1. The summed E-state index contributed by atoms with van der Waals surface area (Å²) in [4.78, 5) is 38.8. The number of hydrogen-bond donors (Lipinski definition) is 2. The molecule has 0 saturated heterocycles. The molecule has 2 amide bonds. The Bertz CT molecular complexity index is 1750. The Morgan fingerprint density at radius 3 is 2.11 bits per heavy atom. The Morgan fingerprint density at radius 2 is 1.44 bits per heavy atom. The number of halogens is 2. The molecule has 45 heavy (non-hydrogen) atoms. The van der Waals surface area contributed by atoms with Crippen LogP contribution in [0.25, 0.3) is 0 Å². The van der Waals surface area contributed by atoms with E-state index in [1.54, 1.807) is 48.5 Å². The minimum absolute atomic E-state index is 0.157. The molecule has 0 atom stereocenters. The van der Waals surface area contributed by atoms with E-state index in [2.05, 4.69) is 31.8 Å². The van der Waals surface area contributed by atoms with Crippen LogP contribution in [0.5, 0.6) is 28.7 Å². The third kappa shape index (κ3) is 8.11. The SMILES string of the molecule is COc1ccc(Cl)cc1C(=O)Nc1cccc(C(=O)NN=Cc2cc(Br)ccc2OC(=O)c2cc(OC)c(OC)c(OC)c2)c1. The minimum atomic E-state index is -0.690. The summed E-state index contributed by atoms with van der Waals surface area (Å²) in [5.74, 6) is -0.268. The molecule has 13 heteroatoms. The summed E-state index contributed by atoms with van der Waals surface area (Å²) < 4.78 is 27.5. The van der Waals surface area contributed by atoms with Crippen LogP contribution in [-0.4, -0.2) is 52.4 Å². The van der Waals surface area contributed by atoms with Crippen molar-refractivity contribution in [2.24, 2.45) is 5.10 Å². The van der Waals surface area contributed by atoms with Gasteiger partial charge in [-0.1, -0.05) is 33.6 Å². The van der Waals surface area contributed by atoms with Gasteiger partial charge in [-0.25, -0.2) is 10.2 Å². The molecule has 11 nitrogen and oxygen atoms in total. The van der Waals surface area contributed by atoms with E-state index in [1.807, 2.05) is 0 Å². The van der Waals surface area contributed by atoms with Gasteiger partial charge in [0.25, 0.3) is 11.8 Å². The van der Waals surface area contributed by atoms with Crippen LogP contribution in [0.2, 0.25) is 5.02 Å². The topological polar surface area (TPSA) is 134 Å². The second-order valence-corrected chi connectivity index (χ2v) is 10.4. The molecular weight excluding hydrogens is 670 g/mol. The number of nitrogens with zero attached hydrogens (tertiary/aromatic N) is 1. The fraction of sp³-hybridized carbons (Fsp3) is 0.125. The van der Waals surface area contributed by atoms with E-state index in [-0.39, 0.29) is 33.9 Å². The molecule has 0 aliphatic carbocycles. The van der Waals surface area contributed by atoms with Crippen molar-refractivity contribution >= 4 is 57.2 Å². The molecule has 0 aliphatic heterocycles. The van der Waals surface area contributed by atoms with Gasteiger partial charge in [-0.05, 0) is 66.7 Å². The molecular formula is C32H27BrClN3O8. The highest BCUT2D eigenvalue weighted by Gasteiger charge is 2.20. The van der Waals surface area contributed by atoms with Crippen molar-refractivity contribution in [2.45, 2.75) is 0 Å². The number of rotatable bonds is 11. The van der Waals surface area contributed by atoms with Crippen molar-refractivity contribution in [3.05, 3.63) is 105 Å². The smallest absolute Gasteiger partial charge is 0.343 e. The van der Waals surface area contributed by atoms with Gasteiger partial charge in [-0.15, -0.1) is 0 Å². The third-order valence-corrected chi connectivity index (χ3v) is 6.96. The molecule has 0 saturated carbocycles. The molecule has 0 heterocycles. The van der Waals surface area contributed by atoms with Gasteiger partial charge in [0.15, 0.2) is 11.5 Å². The average molecular weight is 697 g/mol. The largest absolute Gasteiger partial charge is 0.496 e. The molecule has 0 spiro atoms. The van der Waals surface area contributed by atoms with Crippen molar-refractivity contribution < 1.29 is 38.1 Å². The maximum atomic E-state index is 13.1. The Kier molecular flexibility index (Phi) is 11.0. The Hall–Kier alpha value is -5.07. The lowest BCUT2D eigenvalue weighted by Crippen LogP contribution is -2.19. The van der Waals surface area contributed by atoms with Crippen LogP contribution < -0.4 is 34.4 Å². The Labute approximate surface area is 272 Å². The standard InChI is InChI=1S/C32H27BrClN3O8/c1-41-26-11-9-22(34)16-24(26)31(39)36-23-7-5-6-18(13-23)30(38)37-35-17-20-12-21(33)8-10-25(20)45-32(40)19-14-27(42-2)29(44-4)28(15-19)43-3/h5-17H,1-4H3,(H,36,39)(H,37,38). The third-order valence-electron chi connectivity index (χ3n) is 6.23. The minimum Gasteiger partial charge on any atom is -0.496 e. The highest BCUT2D eigenvalue weighted by molar-refractivity contribution is 9.10. The monoisotopic (exact) mass is 695 g/mol. The van der Waals surface area contributed by atoms with Gasteiger partial charge >= 0.3 is 5.97 Å². The van der Waals surface area contributed by atoms with Crippen molar-refractivity contribution in [3.63, 3.8) is 0 Å². The number of nitrogens with one attached hydrogen (secondary N) is 2. The highest BCUT2D eigenvalue weighted by atomic mass is 79.9. The van der Waals surface area contributed by atoms with Gasteiger partial charge in [-0.2, -0.15) is 5.10 Å². The Morgan fingerprint density at radius 1 is 0.756 bits per heavy atom. The second-order valence-electron chi connectivity index (χ2n) is 9.06. The van der Waals surface area contributed by atoms with Crippen LogP contribution in [0.15, 0.2) is 82.4 Å². The van der Waals surface area contributed by atoms with Gasteiger partial charge in [0.05, 0.1) is 45.8 Å². The summed E-state index contributed by atoms with van der Waals surface area (Å²) in [6.07, 6.45) is 1.33. The van der Waals surface area contributed by atoms with Crippen LogP contribution in [0.1, 0.15) is 36.6 Å². The first kappa shape index (κ1) is 32.8. The van der Waals surface area contributed by atoms with E-state index in [0.717, 1.165) is 0 Å². The van der Waals surface area contributed by atoms with Gasteiger partial charge in [-0.3, -0.25) is 9.59 Å². The lowest BCUT2D eigenvalue weighted by molar-refractivity contribution is 0.0733. The maximum Gasteiger partial charge on any atom is 0.343 e. The number of esters is 1. The number of hydrogen-bond acceptors (Lipinski definition) is 9. The summed E-state index contributed by atoms with van der Waals surface area (Å²) in [6.45, 7) is 0. The average Bonchev–Trinajstić information content (AvgIpc) is 3.05. The summed E-state index contributed by atoms with van der Waals surface area (Å²) in [6, 6.07) is 18.8. The normalized spacial score (nSPS) is 10.6. The van der Waals surface area contributed by atoms with Crippen LogP contribution in [0.3, 0.4) is 0 Å². The van der Waals surface area contributed by atoms with Crippen molar-refractivity contribution in [2.75, 3.05) is 33.8 Å². The fourth-order valence-electron chi connectivity index (χ4n) is 4.09. The number of hydrazone groups is 1. The van der Waals surface area contributed by atoms with Crippen LogP contribution >= 0.6 is 27.5 Å². The van der Waals surface area contributed by atoms with Gasteiger partial charge < -0.3 is 29.0 Å². The first-order valence-corrected chi connectivity index (χ1v) is 14.2. The molecule has 4 aromatic carbocycles. The van der Waals surface area contributed by atoms with Crippen LogP contribution in [0, 0.1) is 0 Å². The van der Waals surface area contributed by atoms with E-state index < -0.39 is 17.8 Å². The second kappa shape index (κ2) is 15.1.